The maximum Gasteiger partial charge on any atom is 0.210 e. The number of ether oxygens (including phenoxy) is 2. The monoisotopic (exact) mass is 486 g/mol. The van der Waals surface area contributed by atoms with Crippen molar-refractivity contribution in [3.05, 3.63) is 23.8 Å². The van der Waals surface area contributed by atoms with Crippen LogP contribution in [0.1, 0.15) is 12.5 Å². The van der Waals surface area contributed by atoms with E-state index < -0.39 is 10.0 Å². The van der Waals surface area contributed by atoms with Crippen LogP contribution in [0.2, 0.25) is 0 Å². The first-order valence-electron chi connectivity index (χ1n) is 7.51. The topological polar surface area (TPSA) is 106 Å². The lowest BCUT2D eigenvalue weighted by atomic mass is 10.2. The molecule has 1 rings (SSSR count). The van der Waals surface area contributed by atoms with Gasteiger partial charge in [0.2, 0.25) is 10.0 Å². The molecule has 3 N–H and O–H groups in total. The molecule has 0 aliphatic carbocycles. The maximum atomic E-state index is 11.0. The second kappa shape index (κ2) is 11.4. The highest BCUT2D eigenvalue weighted by molar-refractivity contribution is 14.0. The van der Waals surface area contributed by atoms with Gasteiger partial charge in [-0.3, -0.25) is 4.99 Å². The highest BCUT2D eigenvalue weighted by atomic mass is 127. The fraction of sp³-hybridized carbons (Fsp3) is 0.533. The fourth-order valence-electron chi connectivity index (χ4n) is 2.06. The van der Waals surface area contributed by atoms with Gasteiger partial charge in [-0.25, -0.2) is 13.6 Å². The summed E-state index contributed by atoms with van der Waals surface area (Å²) < 4.78 is 32.6. The molecular weight excluding hydrogens is 459 g/mol. The Labute approximate surface area is 166 Å². The maximum absolute atomic E-state index is 11.0. The van der Waals surface area contributed by atoms with Crippen LogP contribution in [0.25, 0.3) is 0 Å². The van der Waals surface area contributed by atoms with Crippen LogP contribution in [0.4, 0.5) is 0 Å². The van der Waals surface area contributed by atoms with Crippen molar-refractivity contribution in [2.24, 2.45) is 10.1 Å². The molecule has 0 heterocycles. The van der Waals surface area contributed by atoms with Crippen molar-refractivity contribution < 1.29 is 17.9 Å². The fourth-order valence-corrected chi connectivity index (χ4v) is 2.41. The summed E-state index contributed by atoms with van der Waals surface area (Å²) in [5, 5.41) is 8.12. The molecule has 0 saturated heterocycles. The number of nitrogens with two attached hydrogens (primary N) is 1. The number of rotatable bonds is 8. The van der Waals surface area contributed by atoms with Crippen LogP contribution in [-0.4, -0.2) is 59.4 Å². The minimum atomic E-state index is -3.52. The third-order valence-corrected chi connectivity index (χ3v) is 3.99. The normalized spacial score (nSPS) is 11.5. The van der Waals surface area contributed by atoms with Crippen molar-refractivity contribution in [3.63, 3.8) is 0 Å². The Morgan fingerprint density at radius 3 is 2.52 bits per heavy atom. The van der Waals surface area contributed by atoms with E-state index in [0.717, 1.165) is 5.56 Å². The highest BCUT2D eigenvalue weighted by Gasteiger charge is 2.11. The van der Waals surface area contributed by atoms with Gasteiger partial charge in [-0.15, -0.1) is 24.0 Å². The Kier molecular flexibility index (Phi) is 10.8. The summed E-state index contributed by atoms with van der Waals surface area (Å²) in [6.07, 6.45) is 0. The molecule has 1 aromatic rings. The molecule has 0 saturated carbocycles. The van der Waals surface area contributed by atoms with E-state index in [1.165, 1.54) is 0 Å². The van der Waals surface area contributed by atoms with Gasteiger partial charge in [0.25, 0.3) is 0 Å². The van der Waals surface area contributed by atoms with Crippen LogP contribution in [0.5, 0.6) is 11.5 Å². The molecule has 0 atom stereocenters. The lowest BCUT2D eigenvalue weighted by molar-refractivity contribution is 0.382. The molecular formula is C15H27IN4O4S. The molecule has 1 aromatic carbocycles. The number of primary sulfonamides is 1. The van der Waals surface area contributed by atoms with Crippen molar-refractivity contribution in [2.45, 2.75) is 13.5 Å². The van der Waals surface area contributed by atoms with E-state index in [2.05, 4.69) is 10.3 Å². The number of nitrogens with zero attached hydrogens (tertiary/aromatic N) is 2. The van der Waals surface area contributed by atoms with E-state index in [-0.39, 0.29) is 36.3 Å². The van der Waals surface area contributed by atoms with E-state index in [1.807, 2.05) is 37.1 Å². The molecule has 0 radical (unpaired) electrons. The Hall–Kier alpha value is -1.27. The number of nitrogens with one attached hydrogen (secondary N) is 1. The largest absolute Gasteiger partial charge is 0.497 e. The van der Waals surface area contributed by atoms with E-state index in [4.69, 9.17) is 14.6 Å². The van der Waals surface area contributed by atoms with Gasteiger partial charge in [0, 0.05) is 31.8 Å². The van der Waals surface area contributed by atoms with Gasteiger partial charge in [0.15, 0.2) is 5.96 Å². The number of sulfonamides is 1. The van der Waals surface area contributed by atoms with E-state index in [1.54, 1.807) is 14.2 Å². The number of benzene rings is 1. The number of hydrogen-bond acceptors (Lipinski definition) is 5. The lowest BCUT2D eigenvalue weighted by Crippen LogP contribution is -2.39. The Balaban J connectivity index is 0.00000576. The second-order valence-corrected chi connectivity index (χ2v) is 6.87. The molecule has 0 unspecified atom stereocenters. The number of halogens is 1. The Morgan fingerprint density at radius 2 is 2.00 bits per heavy atom. The number of guanidine groups is 1. The van der Waals surface area contributed by atoms with Crippen LogP contribution < -0.4 is 19.9 Å². The lowest BCUT2D eigenvalue weighted by Gasteiger charge is -2.23. The molecule has 8 nitrogen and oxygen atoms in total. The minimum absolute atomic E-state index is 0. The van der Waals surface area contributed by atoms with Crippen molar-refractivity contribution >= 4 is 40.0 Å². The minimum Gasteiger partial charge on any atom is -0.497 e. The molecule has 0 bridgehead atoms. The second-order valence-electron chi connectivity index (χ2n) is 5.14. The molecule has 10 heteroatoms. The standard InChI is InChI=1S/C15H26N4O4S.HI/c1-5-17-15(18-8-9-24(16,20)21)19(2)11-12-6-7-13(22-3)10-14(12)23-4;/h6-7,10H,5,8-9,11H2,1-4H3,(H,17,18)(H2,16,20,21);1H. The molecule has 0 aliphatic rings. The van der Waals surface area contributed by atoms with Gasteiger partial charge in [-0.1, -0.05) is 0 Å². The van der Waals surface area contributed by atoms with Crippen molar-refractivity contribution in [1.82, 2.24) is 10.2 Å². The third-order valence-electron chi connectivity index (χ3n) is 3.24. The average Bonchev–Trinajstić information content (AvgIpc) is 2.53. The Morgan fingerprint density at radius 1 is 1.32 bits per heavy atom. The summed E-state index contributed by atoms with van der Waals surface area (Å²) in [6.45, 7) is 3.24. The molecule has 144 valence electrons. The molecule has 0 aliphatic heterocycles. The number of methoxy groups -OCH3 is 2. The van der Waals surface area contributed by atoms with Gasteiger partial charge < -0.3 is 19.7 Å². The summed E-state index contributed by atoms with van der Waals surface area (Å²) in [6, 6.07) is 5.59. The van der Waals surface area contributed by atoms with Gasteiger partial charge in [0.1, 0.15) is 11.5 Å². The smallest absolute Gasteiger partial charge is 0.210 e. The van der Waals surface area contributed by atoms with Crippen LogP contribution in [-0.2, 0) is 16.6 Å². The van der Waals surface area contributed by atoms with E-state index >= 15 is 0 Å². The van der Waals surface area contributed by atoms with Crippen LogP contribution in [0.15, 0.2) is 23.2 Å². The van der Waals surface area contributed by atoms with Gasteiger partial charge in [-0.2, -0.15) is 0 Å². The zero-order chi connectivity index (χ0) is 18.2. The molecule has 0 fully saturated rings. The predicted octanol–water partition coefficient (Wildman–Crippen LogP) is 1.01. The first-order valence-corrected chi connectivity index (χ1v) is 9.23. The van der Waals surface area contributed by atoms with Crippen LogP contribution in [0.3, 0.4) is 0 Å². The molecule has 0 amide bonds. The van der Waals surface area contributed by atoms with Gasteiger partial charge >= 0.3 is 0 Å². The van der Waals surface area contributed by atoms with Gasteiger partial charge in [0.05, 0.1) is 26.5 Å². The predicted molar refractivity (Wildman–Crippen MR) is 110 cm³/mol. The van der Waals surface area contributed by atoms with E-state index in [9.17, 15) is 8.42 Å². The van der Waals surface area contributed by atoms with Crippen molar-refractivity contribution in [1.29, 1.82) is 0 Å². The zero-order valence-electron chi connectivity index (χ0n) is 15.0. The number of aliphatic imine (C=N–C) groups is 1. The quantitative estimate of drug-likeness (QED) is 0.323. The summed E-state index contributed by atoms with van der Waals surface area (Å²) in [5.41, 5.74) is 0.956. The van der Waals surface area contributed by atoms with Gasteiger partial charge in [-0.05, 0) is 19.1 Å². The zero-order valence-corrected chi connectivity index (χ0v) is 18.1. The molecule has 25 heavy (non-hydrogen) atoms. The van der Waals surface area contributed by atoms with Crippen LogP contribution >= 0.6 is 24.0 Å². The molecule has 0 aromatic heterocycles. The summed E-state index contributed by atoms with van der Waals surface area (Å²) >= 11 is 0. The summed E-state index contributed by atoms with van der Waals surface area (Å²) in [4.78, 5) is 6.18. The summed E-state index contributed by atoms with van der Waals surface area (Å²) in [7, 11) is 1.54. The third kappa shape index (κ3) is 8.59. The van der Waals surface area contributed by atoms with Crippen molar-refractivity contribution in [2.75, 3.05) is 40.1 Å². The average molecular weight is 486 g/mol. The SMILES string of the molecule is CCNC(=NCCS(N)(=O)=O)N(C)Cc1ccc(OC)cc1OC.I. The van der Waals surface area contributed by atoms with Crippen LogP contribution in [0, 0.1) is 0 Å². The first-order chi connectivity index (χ1) is 11.3. The van der Waals surface area contributed by atoms with E-state index in [0.29, 0.717) is 30.5 Å². The first kappa shape index (κ1) is 23.7. The highest BCUT2D eigenvalue weighted by Crippen LogP contribution is 2.25. The molecule has 0 spiro atoms. The summed E-state index contributed by atoms with van der Waals surface area (Å²) in [5.74, 6) is 1.83. The van der Waals surface area contributed by atoms with Crippen molar-refractivity contribution in [3.8, 4) is 11.5 Å². The number of hydrogen-bond donors (Lipinski definition) is 2. The Bertz CT molecular complexity index is 667.